The highest BCUT2D eigenvalue weighted by molar-refractivity contribution is 6.14. The molecule has 1 aromatic heterocycles. The molecular formula is C44H30N2. The smallest absolute Gasteiger partial charge is 0.0542 e. The molecule has 0 spiro atoms. The first-order chi connectivity index (χ1) is 22.8. The Bertz CT molecular complexity index is 2530. The minimum atomic E-state index is 1.12. The molecule has 0 N–H and O–H groups in total. The number of para-hydroxylation sites is 3. The normalized spacial score (nSPS) is 11.5. The van der Waals surface area contributed by atoms with Crippen LogP contribution in [0.1, 0.15) is 0 Å². The summed E-state index contributed by atoms with van der Waals surface area (Å²) in [5.74, 6) is 0. The van der Waals surface area contributed by atoms with Crippen molar-refractivity contribution in [2.45, 2.75) is 0 Å². The Morgan fingerprint density at radius 2 is 0.957 bits per heavy atom. The third-order valence-corrected chi connectivity index (χ3v) is 9.13. The SMILES string of the molecule is c1ccc(N(c2cccc(-c3cc4ccccc4c4ccccc34)c2)c2ccc3c(c2)c2ccccc2n3-c2ccccc2)cc1. The Balaban J connectivity index is 1.26. The van der Waals surface area contributed by atoms with E-state index in [0.29, 0.717) is 0 Å². The van der Waals surface area contributed by atoms with Gasteiger partial charge in [-0.1, -0.05) is 115 Å². The number of rotatable bonds is 5. The van der Waals surface area contributed by atoms with Gasteiger partial charge in [0.25, 0.3) is 0 Å². The lowest BCUT2D eigenvalue weighted by atomic mass is 9.93. The lowest BCUT2D eigenvalue weighted by Gasteiger charge is -2.26. The van der Waals surface area contributed by atoms with E-state index in [1.165, 1.54) is 54.5 Å². The fourth-order valence-corrected chi connectivity index (χ4v) is 7.09. The molecule has 0 saturated heterocycles. The third-order valence-electron chi connectivity index (χ3n) is 9.13. The summed E-state index contributed by atoms with van der Waals surface area (Å²) in [5.41, 5.74) is 9.36. The van der Waals surface area contributed by atoms with Crippen molar-refractivity contribution in [1.29, 1.82) is 0 Å². The van der Waals surface area contributed by atoms with Crippen LogP contribution in [0, 0.1) is 0 Å². The van der Waals surface area contributed by atoms with Crippen molar-refractivity contribution in [3.05, 3.63) is 182 Å². The summed E-state index contributed by atoms with van der Waals surface area (Å²) in [5, 5.41) is 7.55. The molecule has 0 fully saturated rings. The molecule has 46 heavy (non-hydrogen) atoms. The zero-order valence-electron chi connectivity index (χ0n) is 25.2. The molecule has 1 heterocycles. The molecule has 0 aliphatic rings. The van der Waals surface area contributed by atoms with Gasteiger partial charge in [0.2, 0.25) is 0 Å². The zero-order valence-corrected chi connectivity index (χ0v) is 25.2. The maximum atomic E-state index is 2.38. The van der Waals surface area contributed by atoms with Gasteiger partial charge in [0, 0.05) is 33.5 Å². The van der Waals surface area contributed by atoms with Crippen molar-refractivity contribution >= 4 is 60.4 Å². The first-order valence-electron chi connectivity index (χ1n) is 15.8. The number of nitrogens with zero attached hydrogens (tertiary/aromatic N) is 2. The van der Waals surface area contributed by atoms with E-state index >= 15 is 0 Å². The summed E-state index contributed by atoms with van der Waals surface area (Å²) in [6, 6.07) is 65.7. The number of benzene rings is 8. The van der Waals surface area contributed by atoms with Crippen LogP contribution in [0.2, 0.25) is 0 Å². The maximum absolute atomic E-state index is 2.38. The minimum Gasteiger partial charge on any atom is -0.310 e. The lowest BCUT2D eigenvalue weighted by Crippen LogP contribution is -2.10. The van der Waals surface area contributed by atoms with Crippen molar-refractivity contribution in [3.63, 3.8) is 0 Å². The summed E-state index contributed by atoms with van der Waals surface area (Å²) < 4.78 is 2.37. The molecule has 216 valence electrons. The quantitative estimate of drug-likeness (QED) is 0.182. The van der Waals surface area contributed by atoms with E-state index in [4.69, 9.17) is 0 Å². The summed E-state index contributed by atoms with van der Waals surface area (Å²) in [6.07, 6.45) is 0. The van der Waals surface area contributed by atoms with Gasteiger partial charge in [-0.15, -0.1) is 0 Å². The average molecular weight is 587 g/mol. The molecular weight excluding hydrogens is 556 g/mol. The van der Waals surface area contributed by atoms with Crippen molar-refractivity contribution in [2.24, 2.45) is 0 Å². The predicted molar refractivity (Wildman–Crippen MR) is 196 cm³/mol. The van der Waals surface area contributed by atoms with Gasteiger partial charge in [-0.25, -0.2) is 0 Å². The van der Waals surface area contributed by atoms with E-state index in [1.807, 2.05) is 0 Å². The van der Waals surface area contributed by atoms with Gasteiger partial charge in [0.15, 0.2) is 0 Å². The van der Waals surface area contributed by atoms with Crippen LogP contribution in [0.3, 0.4) is 0 Å². The summed E-state index contributed by atoms with van der Waals surface area (Å²) in [6.45, 7) is 0. The fourth-order valence-electron chi connectivity index (χ4n) is 7.09. The molecule has 2 nitrogen and oxygen atoms in total. The number of aromatic nitrogens is 1. The van der Waals surface area contributed by atoms with Crippen LogP contribution in [0.5, 0.6) is 0 Å². The van der Waals surface area contributed by atoms with Gasteiger partial charge in [-0.2, -0.15) is 0 Å². The van der Waals surface area contributed by atoms with Crippen LogP contribution in [-0.4, -0.2) is 4.57 Å². The first-order valence-corrected chi connectivity index (χ1v) is 15.8. The van der Waals surface area contributed by atoms with Crippen molar-refractivity contribution in [1.82, 2.24) is 4.57 Å². The summed E-state index contributed by atoms with van der Waals surface area (Å²) >= 11 is 0. The monoisotopic (exact) mass is 586 g/mol. The van der Waals surface area contributed by atoms with Gasteiger partial charge in [-0.05, 0) is 99.4 Å². The average Bonchev–Trinajstić information content (AvgIpc) is 3.46. The predicted octanol–water partition coefficient (Wildman–Crippen LogP) is 12.2. The van der Waals surface area contributed by atoms with E-state index in [-0.39, 0.29) is 0 Å². The molecule has 0 atom stereocenters. The van der Waals surface area contributed by atoms with Gasteiger partial charge in [0.1, 0.15) is 0 Å². The van der Waals surface area contributed by atoms with Crippen molar-refractivity contribution in [3.8, 4) is 16.8 Å². The van der Waals surface area contributed by atoms with Gasteiger partial charge in [0.05, 0.1) is 11.0 Å². The van der Waals surface area contributed by atoms with Crippen LogP contribution in [0.25, 0.3) is 60.2 Å². The van der Waals surface area contributed by atoms with E-state index in [9.17, 15) is 0 Å². The standard InChI is InChI=1S/C44H30N2/c1-3-16-33(17-4-1)45(36-26-27-44-42(30-36)40-24-11-12-25-43(40)46(44)34-18-5-2-6-19-34)35-20-13-15-31(28-35)41-29-32-14-7-8-21-37(32)38-22-9-10-23-39(38)41/h1-30H. The second kappa shape index (κ2) is 10.8. The summed E-state index contributed by atoms with van der Waals surface area (Å²) in [4.78, 5) is 2.38. The van der Waals surface area contributed by atoms with E-state index in [0.717, 1.165) is 22.7 Å². The molecule has 0 amide bonds. The van der Waals surface area contributed by atoms with Gasteiger partial charge in [-0.3, -0.25) is 0 Å². The minimum absolute atomic E-state index is 1.12. The highest BCUT2D eigenvalue weighted by atomic mass is 15.1. The summed E-state index contributed by atoms with van der Waals surface area (Å²) in [7, 11) is 0. The number of fused-ring (bicyclic) bond motifs is 6. The second-order valence-electron chi connectivity index (χ2n) is 11.8. The molecule has 9 aromatic rings. The number of anilines is 3. The molecule has 9 rings (SSSR count). The molecule has 0 aliphatic heterocycles. The van der Waals surface area contributed by atoms with Crippen LogP contribution >= 0.6 is 0 Å². The highest BCUT2D eigenvalue weighted by Gasteiger charge is 2.18. The molecule has 0 aliphatic carbocycles. The van der Waals surface area contributed by atoms with Crippen LogP contribution < -0.4 is 4.90 Å². The number of hydrogen-bond donors (Lipinski definition) is 0. The third kappa shape index (κ3) is 4.27. The van der Waals surface area contributed by atoms with Gasteiger partial charge >= 0.3 is 0 Å². The molecule has 0 unspecified atom stereocenters. The highest BCUT2D eigenvalue weighted by Crippen LogP contribution is 2.42. The first kappa shape index (κ1) is 26.3. The Kier molecular flexibility index (Phi) is 6.17. The van der Waals surface area contributed by atoms with E-state index < -0.39 is 0 Å². The molecule has 2 heteroatoms. The lowest BCUT2D eigenvalue weighted by molar-refractivity contribution is 1.18. The fraction of sp³-hybridized carbons (Fsp3) is 0. The largest absolute Gasteiger partial charge is 0.310 e. The van der Waals surface area contributed by atoms with E-state index in [1.54, 1.807) is 0 Å². The van der Waals surface area contributed by atoms with Crippen LogP contribution in [-0.2, 0) is 0 Å². The molecule has 8 aromatic carbocycles. The zero-order chi connectivity index (χ0) is 30.5. The maximum Gasteiger partial charge on any atom is 0.0542 e. The molecule has 0 radical (unpaired) electrons. The Hall–Kier alpha value is -6.12. The van der Waals surface area contributed by atoms with Crippen molar-refractivity contribution in [2.75, 3.05) is 4.90 Å². The second-order valence-corrected chi connectivity index (χ2v) is 11.8. The van der Waals surface area contributed by atoms with Crippen molar-refractivity contribution < 1.29 is 0 Å². The number of hydrogen-bond acceptors (Lipinski definition) is 1. The molecule has 0 bridgehead atoms. The Labute approximate surface area is 268 Å². The van der Waals surface area contributed by atoms with Crippen LogP contribution in [0.15, 0.2) is 182 Å². The Morgan fingerprint density at radius 3 is 1.78 bits per heavy atom. The topological polar surface area (TPSA) is 8.17 Å². The molecule has 0 saturated carbocycles. The van der Waals surface area contributed by atoms with Crippen LogP contribution in [0.4, 0.5) is 17.1 Å². The van der Waals surface area contributed by atoms with Gasteiger partial charge < -0.3 is 9.47 Å². The van der Waals surface area contributed by atoms with E-state index in [2.05, 4.69) is 191 Å². The Morgan fingerprint density at radius 1 is 0.348 bits per heavy atom.